The van der Waals surface area contributed by atoms with E-state index in [2.05, 4.69) is 24.0 Å². The second kappa shape index (κ2) is 12.6. The number of carbonyl (C=O) groups excluding carboxylic acids is 2. The molecule has 2 saturated heterocycles. The van der Waals surface area contributed by atoms with Gasteiger partial charge in [0.25, 0.3) is 5.91 Å². The Kier molecular flexibility index (Phi) is 9.14. The van der Waals surface area contributed by atoms with Gasteiger partial charge >= 0.3 is 6.18 Å². The third kappa shape index (κ3) is 6.30. The van der Waals surface area contributed by atoms with Crippen LogP contribution in [0, 0.1) is 5.92 Å². The summed E-state index contributed by atoms with van der Waals surface area (Å²) in [7, 11) is 0. The number of likely N-dealkylation sites (tertiary alicyclic amines) is 2. The monoisotopic (exact) mass is 585 g/mol. The topological polar surface area (TPSA) is 62.7 Å². The quantitative estimate of drug-likeness (QED) is 0.350. The molecule has 1 aliphatic carbocycles. The summed E-state index contributed by atoms with van der Waals surface area (Å²) in [6.07, 6.45) is 5.40. The number of piperidine rings is 2. The minimum Gasteiger partial charge on any atom is -0.490 e. The fraction of sp³-hybridized carbons (Fsp3) is 0.606. The number of hydrogen-bond acceptors (Lipinski definition) is 4. The van der Waals surface area contributed by atoms with E-state index in [1.807, 2.05) is 24.0 Å². The molecule has 2 aromatic rings. The van der Waals surface area contributed by atoms with Crippen molar-refractivity contribution in [3.63, 3.8) is 0 Å². The Hall–Kier alpha value is -3.10. The van der Waals surface area contributed by atoms with Crippen molar-refractivity contribution in [2.75, 3.05) is 19.6 Å². The van der Waals surface area contributed by atoms with Crippen LogP contribution in [0.2, 0.25) is 0 Å². The largest absolute Gasteiger partial charge is 0.490 e. The lowest BCUT2D eigenvalue weighted by Crippen LogP contribution is -2.55. The molecule has 0 N–H and O–H groups in total. The smallest absolute Gasteiger partial charge is 0.418 e. The van der Waals surface area contributed by atoms with Crippen molar-refractivity contribution in [1.82, 2.24) is 14.8 Å². The van der Waals surface area contributed by atoms with E-state index in [0.29, 0.717) is 45.3 Å². The summed E-state index contributed by atoms with van der Waals surface area (Å²) in [6, 6.07) is 9.90. The third-order valence-electron chi connectivity index (χ3n) is 9.57. The van der Waals surface area contributed by atoms with E-state index in [1.54, 1.807) is 0 Å². The molecule has 9 heteroatoms. The Balaban J connectivity index is 1.30. The van der Waals surface area contributed by atoms with E-state index in [-0.39, 0.29) is 17.4 Å². The number of hydrogen-bond donors (Lipinski definition) is 0. The fourth-order valence-corrected chi connectivity index (χ4v) is 7.17. The molecule has 1 saturated carbocycles. The van der Waals surface area contributed by atoms with E-state index in [0.717, 1.165) is 37.5 Å². The average Bonchev–Trinajstić information content (AvgIpc) is 3.50. The predicted octanol–water partition coefficient (Wildman–Crippen LogP) is 7.02. The number of alkyl halides is 3. The minimum absolute atomic E-state index is 0.000515. The van der Waals surface area contributed by atoms with Gasteiger partial charge in [0.05, 0.1) is 17.6 Å². The van der Waals surface area contributed by atoms with Crippen LogP contribution in [0.15, 0.2) is 42.6 Å². The normalized spacial score (nSPS) is 23.2. The van der Waals surface area contributed by atoms with Crippen LogP contribution in [0.25, 0.3) is 0 Å². The van der Waals surface area contributed by atoms with Gasteiger partial charge < -0.3 is 14.5 Å². The van der Waals surface area contributed by atoms with Gasteiger partial charge in [0.1, 0.15) is 11.4 Å². The Morgan fingerprint density at radius 3 is 2.40 bits per heavy atom. The summed E-state index contributed by atoms with van der Waals surface area (Å²) in [6.45, 7) is 5.72. The van der Waals surface area contributed by atoms with Gasteiger partial charge in [0.2, 0.25) is 5.91 Å². The molecule has 2 aliphatic heterocycles. The zero-order valence-electron chi connectivity index (χ0n) is 24.7. The molecule has 2 atom stereocenters. The van der Waals surface area contributed by atoms with Crippen LogP contribution in [0.5, 0.6) is 5.75 Å². The Morgan fingerprint density at radius 1 is 1.00 bits per heavy atom. The number of rotatable bonds is 7. The number of pyridine rings is 1. The first-order valence-electron chi connectivity index (χ1n) is 15.5. The lowest BCUT2D eigenvalue weighted by molar-refractivity contribution is -0.141. The van der Waals surface area contributed by atoms with Gasteiger partial charge in [0.15, 0.2) is 0 Å². The van der Waals surface area contributed by atoms with Gasteiger partial charge in [-0.2, -0.15) is 13.2 Å². The van der Waals surface area contributed by atoms with E-state index >= 15 is 0 Å². The van der Waals surface area contributed by atoms with Crippen LogP contribution in [-0.2, 0) is 16.4 Å². The Morgan fingerprint density at radius 2 is 1.71 bits per heavy atom. The molecule has 0 spiro atoms. The highest BCUT2D eigenvalue weighted by Crippen LogP contribution is 2.42. The minimum atomic E-state index is -4.69. The second-order valence-electron chi connectivity index (χ2n) is 12.4. The van der Waals surface area contributed by atoms with Crippen molar-refractivity contribution in [3.05, 3.63) is 59.4 Å². The molecule has 3 aliphatic rings. The van der Waals surface area contributed by atoms with Gasteiger partial charge in [-0.25, -0.2) is 0 Å². The fourth-order valence-electron chi connectivity index (χ4n) is 7.17. The van der Waals surface area contributed by atoms with E-state index < -0.39 is 35.3 Å². The number of benzene rings is 1. The number of amides is 2. The molecule has 1 aromatic heterocycles. The number of carbonyl (C=O) groups is 2. The lowest BCUT2D eigenvalue weighted by atomic mass is 9.73. The first kappa shape index (κ1) is 30.4. The van der Waals surface area contributed by atoms with Crippen molar-refractivity contribution in [2.45, 2.75) is 102 Å². The molecule has 5 rings (SSSR count). The second-order valence-corrected chi connectivity index (χ2v) is 12.4. The Labute approximate surface area is 246 Å². The first-order chi connectivity index (χ1) is 20.1. The SMILES string of the molecule is CCCC1C(C(=O)N2CCC(C)(c3ccccc3OC3CCCC3)CC2)CCCN1C(=O)c1ncccc1C(F)(F)F. The first-order valence-corrected chi connectivity index (χ1v) is 15.5. The molecule has 2 amide bonds. The highest BCUT2D eigenvalue weighted by molar-refractivity contribution is 5.95. The van der Waals surface area contributed by atoms with E-state index in [4.69, 9.17) is 4.74 Å². The summed E-state index contributed by atoms with van der Waals surface area (Å²) >= 11 is 0. The third-order valence-corrected chi connectivity index (χ3v) is 9.57. The summed E-state index contributed by atoms with van der Waals surface area (Å²) in [5, 5.41) is 0. The van der Waals surface area contributed by atoms with Gasteiger partial charge in [-0.15, -0.1) is 0 Å². The van der Waals surface area contributed by atoms with Crippen molar-refractivity contribution in [2.24, 2.45) is 5.92 Å². The maximum Gasteiger partial charge on any atom is 0.418 e. The maximum absolute atomic E-state index is 14.0. The standard InChI is InChI=1S/C33H42F3N3O3/c1-3-10-27-24(13-9-20-39(27)31(41)29-26(33(34,35)36)15-8-19-37-29)30(40)38-21-17-32(2,18-22-38)25-14-6-7-16-28(25)42-23-11-4-5-12-23/h6-8,14-16,19,23-24,27H,3-5,9-13,17-18,20-22H2,1-2H3. The molecule has 6 nitrogen and oxygen atoms in total. The predicted molar refractivity (Wildman–Crippen MR) is 154 cm³/mol. The van der Waals surface area contributed by atoms with Gasteiger partial charge in [-0.05, 0) is 81.4 Å². The average molecular weight is 586 g/mol. The maximum atomic E-state index is 14.0. The molecular formula is C33H42F3N3O3. The molecule has 228 valence electrons. The van der Waals surface area contributed by atoms with Crippen molar-refractivity contribution >= 4 is 11.8 Å². The van der Waals surface area contributed by atoms with Crippen molar-refractivity contribution in [1.29, 1.82) is 0 Å². The lowest BCUT2D eigenvalue weighted by Gasteiger charge is -2.45. The molecule has 0 radical (unpaired) electrons. The Bertz CT molecular complexity index is 1250. The molecule has 0 bridgehead atoms. The summed E-state index contributed by atoms with van der Waals surface area (Å²) in [5.41, 5.74) is -0.563. The number of halogens is 3. The molecule has 42 heavy (non-hydrogen) atoms. The molecule has 3 heterocycles. The van der Waals surface area contributed by atoms with Crippen LogP contribution >= 0.6 is 0 Å². The highest BCUT2D eigenvalue weighted by Gasteiger charge is 2.44. The zero-order chi connectivity index (χ0) is 29.9. The molecule has 2 unspecified atom stereocenters. The van der Waals surface area contributed by atoms with E-state index in [1.165, 1.54) is 35.6 Å². The summed E-state index contributed by atoms with van der Waals surface area (Å²) < 4.78 is 47.5. The molecule has 1 aromatic carbocycles. The van der Waals surface area contributed by atoms with Gasteiger partial charge in [0, 0.05) is 37.4 Å². The van der Waals surface area contributed by atoms with Crippen LogP contribution < -0.4 is 4.74 Å². The molecular weight excluding hydrogens is 543 g/mol. The van der Waals surface area contributed by atoms with Crippen LogP contribution in [0.4, 0.5) is 13.2 Å². The number of para-hydroxylation sites is 1. The number of nitrogens with zero attached hydrogens (tertiary/aromatic N) is 3. The zero-order valence-corrected chi connectivity index (χ0v) is 24.7. The summed E-state index contributed by atoms with van der Waals surface area (Å²) in [5.74, 6) is -0.239. The van der Waals surface area contributed by atoms with Crippen LogP contribution in [0.1, 0.15) is 99.7 Å². The summed E-state index contributed by atoms with van der Waals surface area (Å²) in [4.78, 5) is 34.7. The molecule has 3 fully saturated rings. The number of aromatic nitrogens is 1. The highest BCUT2D eigenvalue weighted by atomic mass is 19.4. The van der Waals surface area contributed by atoms with Crippen molar-refractivity contribution < 1.29 is 27.5 Å². The number of ether oxygens (including phenoxy) is 1. The van der Waals surface area contributed by atoms with Crippen molar-refractivity contribution in [3.8, 4) is 5.75 Å². The van der Waals surface area contributed by atoms with Gasteiger partial charge in [-0.1, -0.05) is 38.5 Å². The van der Waals surface area contributed by atoms with Crippen LogP contribution in [-0.4, -0.2) is 58.4 Å². The van der Waals surface area contributed by atoms with E-state index in [9.17, 15) is 22.8 Å². The van der Waals surface area contributed by atoms with Crippen LogP contribution in [0.3, 0.4) is 0 Å². The van der Waals surface area contributed by atoms with Gasteiger partial charge in [-0.3, -0.25) is 14.6 Å².